The van der Waals surface area contributed by atoms with Gasteiger partial charge in [-0.15, -0.1) is 0 Å². The number of sulfonamides is 1. The largest absolute Gasteiger partial charge is 0.495 e. The van der Waals surface area contributed by atoms with Crippen molar-refractivity contribution in [2.24, 2.45) is 0 Å². The molecule has 0 aliphatic heterocycles. The fourth-order valence-electron chi connectivity index (χ4n) is 4.32. The Bertz CT molecular complexity index is 1480. The second-order valence-corrected chi connectivity index (χ2v) is 12.5. The number of ether oxygens (including phenoxy) is 1. The maximum atomic E-state index is 14.2. The first kappa shape index (κ1) is 32.2. The maximum Gasteiger partial charge on any atom is 0.264 e. The minimum atomic E-state index is -4.23. The van der Waals surface area contributed by atoms with Gasteiger partial charge in [0.25, 0.3) is 10.0 Å². The molecule has 1 unspecified atom stereocenters. The molecule has 11 heteroatoms. The second-order valence-electron chi connectivity index (χ2n) is 9.84. The van der Waals surface area contributed by atoms with E-state index in [1.165, 1.54) is 24.1 Å². The van der Waals surface area contributed by atoms with Gasteiger partial charge in [0.15, 0.2) is 0 Å². The van der Waals surface area contributed by atoms with E-state index < -0.39 is 28.5 Å². The van der Waals surface area contributed by atoms with Gasteiger partial charge in [0.2, 0.25) is 11.8 Å². The number of amides is 2. The standard InChI is InChI=1S/C30H35Cl2N3O5S/c1-6-26(30(37)33-20(2)3)34(18-22-13-14-23(31)17-25(22)32)29(36)19-35(27-9-7-8-10-28(27)40-5)41(38,39)24-15-11-21(4)12-16-24/h7-17,20,26H,6,18-19H2,1-5H3,(H,33,37). The third-order valence-electron chi connectivity index (χ3n) is 6.41. The van der Waals surface area contributed by atoms with Crippen LogP contribution in [0.15, 0.2) is 71.6 Å². The van der Waals surface area contributed by atoms with Gasteiger partial charge in [0.05, 0.1) is 17.7 Å². The van der Waals surface area contributed by atoms with E-state index in [1.807, 2.05) is 20.8 Å². The fraction of sp³-hybridized carbons (Fsp3) is 0.333. The predicted molar refractivity (Wildman–Crippen MR) is 163 cm³/mol. The van der Waals surface area contributed by atoms with E-state index in [2.05, 4.69) is 5.32 Å². The highest BCUT2D eigenvalue weighted by molar-refractivity contribution is 7.92. The molecule has 0 saturated carbocycles. The Kier molecular flexibility index (Phi) is 11.1. The number of nitrogens with one attached hydrogen (secondary N) is 1. The van der Waals surface area contributed by atoms with E-state index in [9.17, 15) is 18.0 Å². The van der Waals surface area contributed by atoms with Crippen molar-refractivity contribution in [2.45, 2.75) is 57.6 Å². The summed E-state index contributed by atoms with van der Waals surface area (Å²) >= 11 is 12.5. The number of para-hydroxylation sites is 2. The highest BCUT2D eigenvalue weighted by Gasteiger charge is 2.35. The number of hydrogen-bond acceptors (Lipinski definition) is 5. The van der Waals surface area contributed by atoms with Crippen molar-refractivity contribution in [1.82, 2.24) is 10.2 Å². The van der Waals surface area contributed by atoms with Crippen LogP contribution in [-0.4, -0.2) is 50.9 Å². The molecule has 2 amide bonds. The molecule has 0 aromatic heterocycles. The number of rotatable bonds is 12. The van der Waals surface area contributed by atoms with E-state index in [0.717, 1.165) is 9.87 Å². The van der Waals surface area contributed by atoms with E-state index >= 15 is 0 Å². The molecule has 0 fully saturated rings. The smallest absolute Gasteiger partial charge is 0.264 e. The summed E-state index contributed by atoms with van der Waals surface area (Å²) in [5, 5.41) is 3.61. The van der Waals surface area contributed by atoms with Gasteiger partial charge < -0.3 is 15.0 Å². The molecule has 0 aliphatic carbocycles. The van der Waals surface area contributed by atoms with Gasteiger partial charge in [0.1, 0.15) is 18.3 Å². The first-order valence-electron chi connectivity index (χ1n) is 13.1. The van der Waals surface area contributed by atoms with E-state index in [0.29, 0.717) is 15.6 Å². The summed E-state index contributed by atoms with van der Waals surface area (Å²) in [6, 6.07) is 16.7. The summed E-state index contributed by atoms with van der Waals surface area (Å²) in [6.45, 7) is 6.66. The van der Waals surface area contributed by atoms with Crippen LogP contribution in [0.4, 0.5) is 5.69 Å². The molecule has 1 atom stereocenters. The minimum Gasteiger partial charge on any atom is -0.495 e. The Balaban J connectivity index is 2.12. The topological polar surface area (TPSA) is 96.0 Å². The Labute approximate surface area is 252 Å². The third-order valence-corrected chi connectivity index (χ3v) is 8.78. The Hall–Kier alpha value is -3.27. The number of nitrogens with zero attached hydrogens (tertiary/aromatic N) is 2. The molecule has 0 aliphatic rings. The summed E-state index contributed by atoms with van der Waals surface area (Å²) in [5.74, 6) is -0.678. The van der Waals surface area contributed by atoms with Crippen molar-refractivity contribution in [3.05, 3.63) is 87.9 Å². The summed E-state index contributed by atoms with van der Waals surface area (Å²) < 4.78 is 34.5. The molecule has 0 spiro atoms. The average molecular weight is 621 g/mol. The number of methoxy groups -OCH3 is 1. The van der Waals surface area contributed by atoms with Crippen molar-refractivity contribution in [3.63, 3.8) is 0 Å². The van der Waals surface area contributed by atoms with Crippen LogP contribution in [0.25, 0.3) is 0 Å². The SMILES string of the molecule is CCC(C(=O)NC(C)C)N(Cc1ccc(Cl)cc1Cl)C(=O)CN(c1ccccc1OC)S(=O)(=O)c1ccc(C)cc1. The number of aryl methyl sites for hydroxylation is 1. The second kappa shape index (κ2) is 14.1. The van der Waals surface area contributed by atoms with Crippen LogP contribution < -0.4 is 14.4 Å². The highest BCUT2D eigenvalue weighted by atomic mass is 35.5. The van der Waals surface area contributed by atoms with Gasteiger partial charge in [-0.25, -0.2) is 8.42 Å². The zero-order valence-electron chi connectivity index (χ0n) is 23.7. The van der Waals surface area contributed by atoms with Crippen LogP contribution in [0.5, 0.6) is 5.75 Å². The fourth-order valence-corrected chi connectivity index (χ4v) is 6.21. The zero-order chi connectivity index (χ0) is 30.3. The summed E-state index contributed by atoms with van der Waals surface area (Å²) in [5.41, 5.74) is 1.63. The Morgan fingerprint density at radius 2 is 1.66 bits per heavy atom. The lowest BCUT2D eigenvalue weighted by Crippen LogP contribution is -2.53. The molecule has 1 N–H and O–H groups in total. The number of halogens is 2. The van der Waals surface area contributed by atoms with Crippen molar-refractivity contribution in [1.29, 1.82) is 0 Å². The molecule has 3 rings (SSSR count). The van der Waals surface area contributed by atoms with E-state index in [-0.39, 0.29) is 41.2 Å². The Morgan fingerprint density at radius 3 is 2.24 bits per heavy atom. The molecule has 3 aromatic carbocycles. The monoisotopic (exact) mass is 619 g/mol. The number of carbonyl (C=O) groups is 2. The van der Waals surface area contributed by atoms with E-state index in [4.69, 9.17) is 27.9 Å². The molecule has 41 heavy (non-hydrogen) atoms. The first-order valence-corrected chi connectivity index (χ1v) is 15.3. The molecule has 0 heterocycles. The van der Waals surface area contributed by atoms with Crippen LogP contribution in [0, 0.1) is 6.92 Å². The third kappa shape index (κ3) is 7.93. The lowest BCUT2D eigenvalue weighted by molar-refractivity contribution is -0.140. The minimum absolute atomic E-state index is 0.0127. The summed E-state index contributed by atoms with van der Waals surface area (Å²) in [4.78, 5) is 28.8. The highest BCUT2D eigenvalue weighted by Crippen LogP contribution is 2.33. The van der Waals surface area contributed by atoms with Gasteiger partial charge in [-0.05, 0) is 69.2 Å². The lowest BCUT2D eigenvalue weighted by atomic mass is 10.1. The number of benzene rings is 3. The molecular formula is C30H35Cl2N3O5S. The van der Waals surface area contributed by atoms with Gasteiger partial charge in [-0.3, -0.25) is 13.9 Å². The van der Waals surface area contributed by atoms with Crippen LogP contribution in [0.1, 0.15) is 38.3 Å². The Morgan fingerprint density at radius 1 is 1.00 bits per heavy atom. The average Bonchev–Trinajstić information content (AvgIpc) is 2.92. The predicted octanol–water partition coefficient (Wildman–Crippen LogP) is 5.84. The lowest BCUT2D eigenvalue weighted by Gasteiger charge is -2.34. The van der Waals surface area contributed by atoms with Crippen molar-refractivity contribution in [2.75, 3.05) is 18.0 Å². The quantitative estimate of drug-likeness (QED) is 0.275. The van der Waals surface area contributed by atoms with E-state index in [1.54, 1.807) is 61.5 Å². The number of hydrogen-bond donors (Lipinski definition) is 1. The molecule has 8 nitrogen and oxygen atoms in total. The van der Waals surface area contributed by atoms with Gasteiger partial charge in [0, 0.05) is 22.6 Å². The molecule has 0 radical (unpaired) electrons. The van der Waals surface area contributed by atoms with Crippen LogP contribution >= 0.6 is 23.2 Å². The van der Waals surface area contributed by atoms with Crippen LogP contribution in [0.2, 0.25) is 10.0 Å². The molecule has 3 aromatic rings. The number of anilines is 1. The summed E-state index contributed by atoms with van der Waals surface area (Å²) in [7, 11) is -2.80. The molecule has 0 saturated heterocycles. The molecule has 220 valence electrons. The van der Waals surface area contributed by atoms with Crippen molar-refractivity contribution in [3.8, 4) is 5.75 Å². The van der Waals surface area contributed by atoms with Gasteiger partial charge in [-0.2, -0.15) is 0 Å². The van der Waals surface area contributed by atoms with Crippen LogP contribution in [-0.2, 0) is 26.2 Å². The van der Waals surface area contributed by atoms with Crippen LogP contribution in [0.3, 0.4) is 0 Å². The molecular weight excluding hydrogens is 585 g/mol. The number of carbonyl (C=O) groups excluding carboxylic acids is 2. The normalized spacial score (nSPS) is 12.1. The summed E-state index contributed by atoms with van der Waals surface area (Å²) in [6.07, 6.45) is 0.287. The van der Waals surface area contributed by atoms with Gasteiger partial charge >= 0.3 is 0 Å². The maximum absolute atomic E-state index is 14.2. The first-order chi connectivity index (χ1) is 19.4. The van der Waals surface area contributed by atoms with Crippen molar-refractivity contribution >= 4 is 50.7 Å². The van der Waals surface area contributed by atoms with Crippen molar-refractivity contribution < 1.29 is 22.7 Å². The van der Waals surface area contributed by atoms with Gasteiger partial charge in [-0.1, -0.05) is 66.0 Å². The zero-order valence-corrected chi connectivity index (χ0v) is 26.1. The molecule has 0 bridgehead atoms.